The summed E-state index contributed by atoms with van der Waals surface area (Å²) in [5.41, 5.74) is 7.46. The smallest absolute Gasteiger partial charge is 0.344 e. The van der Waals surface area contributed by atoms with Crippen LogP contribution < -0.4 is 10.5 Å². The van der Waals surface area contributed by atoms with Gasteiger partial charge in [-0.3, -0.25) is 4.79 Å². The van der Waals surface area contributed by atoms with Crippen LogP contribution in [0.4, 0.5) is 0 Å². The van der Waals surface area contributed by atoms with E-state index < -0.39 is 12.1 Å². The second kappa shape index (κ2) is 5.44. The lowest BCUT2D eigenvalue weighted by atomic mass is 9.98. The SMILES string of the molecule is NC(=CC=O)c1cc(Br)cc2c1OC(C(=O)O)CC2. The fraction of sp³-hybridized carbons (Fsp3) is 0.231. The molecule has 0 saturated heterocycles. The number of carbonyl (C=O) groups excluding carboxylic acids is 1. The predicted octanol–water partition coefficient (Wildman–Crippen LogP) is 1.73. The molecule has 1 heterocycles. The number of aliphatic carboxylic acids is 1. The molecule has 6 heteroatoms. The van der Waals surface area contributed by atoms with E-state index in [1.165, 1.54) is 6.08 Å². The molecule has 0 spiro atoms. The summed E-state index contributed by atoms with van der Waals surface area (Å²) in [5.74, 6) is -0.560. The Labute approximate surface area is 118 Å². The number of carboxylic acids is 1. The maximum Gasteiger partial charge on any atom is 0.344 e. The number of carboxylic acid groups (broad SMARTS) is 1. The van der Waals surface area contributed by atoms with E-state index in [4.69, 9.17) is 15.6 Å². The highest BCUT2D eigenvalue weighted by Gasteiger charge is 2.28. The number of fused-ring (bicyclic) bond motifs is 1. The van der Waals surface area contributed by atoms with Crippen molar-refractivity contribution in [2.75, 3.05) is 0 Å². The molecule has 0 radical (unpaired) electrons. The van der Waals surface area contributed by atoms with E-state index in [0.29, 0.717) is 30.4 Å². The van der Waals surface area contributed by atoms with Crippen LogP contribution in [0.1, 0.15) is 17.5 Å². The van der Waals surface area contributed by atoms with Crippen LogP contribution in [0.3, 0.4) is 0 Å². The molecular weight excluding hydrogens is 314 g/mol. The van der Waals surface area contributed by atoms with Gasteiger partial charge in [-0.2, -0.15) is 0 Å². The van der Waals surface area contributed by atoms with E-state index in [9.17, 15) is 9.59 Å². The van der Waals surface area contributed by atoms with E-state index in [-0.39, 0.29) is 5.70 Å². The molecule has 0 aliphatic carbocycles. The van der Waals surface area contributed by atoms with Gasteiger partial charge in [0.2, 0.25) is 0 Å². The Balaban J connectivity index is 2.50. The first kappa shape index (κ1) is 13.6. The summed E-state index contributed by atoms with van der Waals surface area (Å²) in [7, 11) is 0. The molecule has 5 nitrogen and oxygen atoms in total. The molecule has 1 unspecified atom stereocenters. The van der Waals surface area contributed by atoms with E-state index >= 15 is 0 Å². The summed E-state index contributed by atoms with van der Waals surface area (Å²) in [6.45, 7) is 0. The van der Waals surface area contributed by atoms with Crippen molar-refractivity contribution in [1.82, 2.24) is 0 Å². The lowest BCUT2D eigenvalue weighted by molar-refractivity contribution is -0.145. The number of ether oxygens (including phenoxy) is 1. The Kier molecular flexibility index (Phi) is 3.90. The molecule has 1 atom stereocenters. The number of halogens is 1. The first-order valence-corrected chi connectivity index (χ1v) is 6.45. The number of aryl methyl sites for hydroxylation is 1. The van der Waals surface area contributed by atoms with Crippen LogP contribution in [0, 0.1) is 0 Å². The van der Waals surface area contributed by atoms with Gasteiger partial charge in [0.1, 0.15) is 12.0 Å². The van der Waals surface area contributed by atoms with Gasteiger partial charge >= 0.3 is 5.97 Å². The van der Waals surface area contributed by atoms with E-state index in [2.05, 4.69) is 15.9 Å². The number of aldehydes is 1. The van der Waals surface area contributed by atoms with Gasteiger partial charge in [0, 0.05) is 21.8 Å². The summed E-state index contributed by atoms with van der Waals surface area (Å²) in [5, 5.41) is 9.01. The van der Waals surface area contributed by atoms with Crippen molar-refractivity contribution in [3.05, 3.63) is 33.8 Å². The number of hydrogen-bond donors (Lipinski definition) is 2. The Morgan fingerprint density at radius 2 is 2.26 bits per heavy atom. The molecule has 1 aliphatic rings. The Morgan fingerprint density at radius 1 is 1.53 bits per heavy atom. The normalized spacial score (nSPS) is 18.4. The van der Waals surface area contributed by atoms with Crippen molar-refractivity contribution in [3.8, 4) is 5.75 Å². The number of allylic oxidation sites excluding steroid dienone is 1. The van der Waals surface area contributed by atoms with Crippen LogP contribution in [-0.2, 0) is 16.0 Å². The number of hydrogen-bond acceptors (Lipinski definition) is 4. The van der Waals surface area contributed by atoms with Crippen LogP contribution in [0.5, 0.6) is 5.75 Å². The van der Waals surface area contributed by atoms with Crippen molar-refractivity contribution in [3.63, 3.8) is 0 Å². The average Bonchev–Trinajstić information content (AvgIpc) is 2.37. The minimum atomic E-state index is -1.00. The van der Waals surface area contributed by atoms with Gasteiger partial charge in [0.15, 0.2) is 6.10 Å². The van der Waals surface area contributed by atoms with Crippen molar-refractivity contribution < 1.29 is 19.4 Å². The van der Waals surface area contributed by atoms with E-state index in [1.807, 2.05) is 6.07 Å². The van der Waals surface area contributed by atoms with E-state index in [1.54, 1.807) is 6.07 Å². The largest absolute Gasteiger partial charge is 0.479 e. The Hall–Kier alpha value is -1.82. The molecule has 0 fully saturated rings. The highest BCUT2D eigenvalue weighted by molar-refractivity contribution is 9.10. The number of rotatable bonds is 3. The summed E-state index contributed by atoms with van der Waals surface area (Å²) in [6.07, 6.45) is 1.93. The van der Waals surface area contributed by atoms with Crippen LogP contribution in [0.2, 0.25) is 0 Å². The predicted molar refractivity (Wildman–Crippen MR) is 72.7 cm³/mol. The maximum atomic E-state index is 11.0. The topological polar surface area (TPSA) is 89.6 Å². The molecule has 0 saturated carbocycles. The standard InChI is InChI=1S/C13H12BrNO4/c14-8-5-7-1-2-11(13(17)18)19-12(7)9(6-8)10(15)3-4-16/h3-6,11H,1-2,15H2,(H,17,18). The first-order chi connectivity index (χ1) is 9.02. The average molecular weight is 326 g/mol. The lowest BCUT2D eigenvalue weighted by Crippen LogP contribution is -2.31. The van der Waals surface area contributed by atoms with Gasteiger partial charge in [0.25, 0.3) is 0 Å². The highest BCUT2D eigenvalue weighted by Crippen LogP contribution is 2.36. The van der Waals surface area contributed by atoms with Crippen molar-refractivity contribution in [2.24, 2.45) is 5.73 Å². The molecule has 3 N–H and O–H groups in total. The van der Waals surface area contributed by atoms with Crippen molar-refractivity contribution in [1.29, 1.82) is 0 Å². The zero-order valence-electron chi connectivity index (χ0n) is 9.93. The van der Waals surface area contributed by atoms with Crippen LogP contribution in [0.15, 0.2) is 22.7 Å². The monoisotopic (exact) mass is 325 g/mol. The van der Waals surface area contributed by atoms with Gasteiger partial charge in [-0.15, -0.1) is 0 Å². The summed E-state index contributed by atoms with van der Waals surface area (Å²) < 4.78 is 6.30. The molecule has 19 heavy (non-hydrogen) atoms. The maximum absolute atomic E-state index is 11.0. The molecule has 0 aromatic heterocycles. The lowest BCUT2D eigenvalue weighted by Gasteiger charge is -2.25. The fourth-order valence-corrected chi connectivity index (χ4v) is 2.52. The second-order valence-electron chi connectivity index (χ2n) is 4.18. The minimum Gasteiger partial charge on any atom is -0.479 e. The molecular formula is C13H12BrNO4. The van der Waals surface area contributed by atoms with Crippen LogP contribution >= 0.6 is 15.9 Å². The van der Waals surface area contributed by atoms with Gasteiger partial charge in [-0.25, -0.2) is 4.79 Å². The third-order valence-electron chi connectivity index (χ3n) is 2.90. The molecule has 2 rings (SSSR count). The fourth-order valence-electron chi connectivity index (χ4n) is 2.01. The van der Waals surface area contributed by atoms with E-state index in [0.717, 1.165) is 10.0 Å². The number of nitrogens with two attached hydrogens (primary N) is 1. The second-order valence-corrected chi connectivity index (χ2v) is 5.10. The van der Waals surface area contributed by atoms with Gasteiger partial charge in [0.05, 0.1) is 0 Å². The molecule has 1 aromatic carbocycles. The quantitative estimate of drug-likeness (QED) is 0.652. The molecule has 100 valence electrons. The highest BCUT2D eigenvalue weighted by atomic mass is 79.9. The van der Waals surface area contributed by atoms with Crippen molar-refractivity contribution >= 4 is 33.9 Å². The summed E-state index contributed by atoms with van der Waals surface area (Å²) in [4.78, 5) is 21.5. The van der Waals surface area contributed by atoms with Crippen LogP contribution in [0.25, 0.3) is 5.70 Å². The molecule has 0 bridgehead atoms. The number of carbonyl (C=O) groups is 2. The third kappa shape index (κ3) is 2.78. The molecule has 1 aliphatic heterocycles. The van der Waals surface area contributed by atoms with Crippen molar-refractivity contribution in [2.45, 2.75) is 18.9 Å². The first-order valence-electron chi connectivity index (χ1n) is 5.66. The molecule has 0 amide bonds. The number of benzene rings is 1. The Bertz CT molecular complexity index is 568. The summed E-state index contributed by atoms with van der Waals surface area (Å²) in [6, 6.07) is 3.57. The van der Waals surface area contributed by atoms with Gasteiger partial charge < -0.3 is 15.6 Å². The van der Waals surface area contributed by atoms with Gasteiger partial charge in [-0.1, -0.05) is 15.9 Å². The molecule has 1 aromatic rings. The zero-order valence-corrected chi connectivity index (χ0v) is 11.5. The zero-order chi connectivity index (χ0) is 14.0. The Morgan fingerprint density at radius 3 is 2.89 bits per heavy atom. The van der Waals surface area contributed by atoms with Crippen LogP contribution in [-0.4, -0.2) is 23.5 Å². The minimum absolute atomic E-state index is 0.249. The third-order valence-corrected chi connectivity index (χ3v) is 3.36. The summed E-state index contributed by atoms with van der Waals surface area (Å²) >= 11 is 3.36. The van der Waals surface area contributed by atoms with Gasteiger partial charge in [-0.05, 0) is 30.5 Å².